The molecule has 0 spiro atoms. The summed E-state index contributed by atoms with van der Waals surface area (Å²) in [5.41, 5.74) is 2.35. The quantitative estimate of drug-likeness (QED) is 0.480. The van der Waals surface area contributed by atoms with Crippen molar-refractivity contribution >= 4 is 28.8 Å². The first-order valence-corrected chi connectivity index (χ1v) is 12.1. The Morgan fingerprint density at radius 1 is 0.971 bits per heavy atom. The van der Waals surface area contributed by atoms with Gasteiger partial charge in [0.1, 0.15) is 5.01 Å². The van der Waals surface area contributed by atoms with Crippen LogP contribution in [0.25, 0.3) is 0 Å². The molecular weight excluding hydrogens is 477 g/mol. The largest absolute Gasteiger partial charge is 0.416 e. The lowest BCUT2D eigenvalue weighted by Gasteiger charge is -2.36. The number of rotatable bonds is 5. The van der Waals surface area contributed by atoms with Gasteiger partial charge in [0.05, 0.1) is 28.9 Å². The zero-order valence-corrected chi connectivity index (χ0v) is 19.8. The summed E-state index contributed by atoms with van der Waals surface area (Å²) in [4.78, 5) is 36.0. The average molecular weight is 501 g/mol. The van der Waals surface area contributed by atoms with Crippen molar-refractivity contribution in [3.05, 3.63) is 80.8 Å². The van der Waals surface area contributed by atoms with Gasteiger partial charge < -0.3 is 4.90 Å². The Morgan fingerprint density at radius 2 is 1.71 bits per heavy atom. The van der Waals surface area contributed by atoms with Crippen molar-refractivity contribution in [3.8, 4) is 0 Å². The normalized spacial score (nSPS) is 16.8. The molecule has 2 amide bonds. The minimum atomic E-state index is -4.36. The maximum atomic E-state index is 13.3. The molecule has 0 bridgehead atoms. The molecule has 0 aliphatic carbocycles. The second-order valence-corrected chi connectivity index (χ2v) is 9.68. The highest BCUT2D eigenvalue weighted by Gasteiger charge is 2.39. The van der Waals surface area contributed by atoms with Crippen molar-refractivity contribution < 1.29 is 22.8 Å². The van der Waals surface area contributed by atoms with E-state index in [1.54, 1.807) is 18.2 Å². The first kappa shape index (κ1) is 23.5. The number of nitrogens with zero attached hydrogens (tertiary/aromatic N) is 4. The number of thiazole rings is 1. The van der Waals surface area contributed by atoms with Crippen LogP contribution in [0.5, 0.6) is 0 Å². The van der Waals surface area contributed by atoms with Gasteiger partial charge in [0.2, 0.25) is 0 Å². The van der Waals surface area contributed by atoms with E-state index in [4.69, 9.17) is 0 Å². The fourth-order valence-corrected chi connectivity index (χ4v) is 5.34. The van der Waals surface area contributed by atoms with Gasteiger partial charge in [-0.05, 0) is 30.7 Å². The van der Waals surface area contributed by atoms with Crippen molar-refractivity contribution in [2.24, 2.45) is 0 Å². The summed E-state index contributed by atoms with van der Waals surface area (Å²) in [6, 6.07) is 10.7. The first-order valence-electron chi connectivity index (χ1n) is 11.2. The molecule has 1 aromatic heterocycles. The van der Waals surface area contributed by atoms with E-state index in [0.29, 0.717) is 54.4 Å². The molecule has 3 heterocycles. The molecule has 10 heteroatoms. The topological polar surface area (TPSA) is 56.8 Å². The van der Waals surface area contributed by atoms with Crippen molar-refractivity contribution in [1.29, 1.82) is 0 Å². The third-order valence-corrected chi connectivity index (χ3v) is 7.26. The van der Waals surface area contributed by atoms with Crippen LogP contribution >= 0.6 is 11.3 Å². The molecule has 0 saturated carbocycles. The molecule has 0 unspecified atom stereocenters. The van der Waals surface area contributed by atoms with Crippen molar-refractivity contribution in [3.63, 3.8) is 0 Å². The van der Waals surface area contributed by atoms with Crippen LogP contribution in [0.3, 0.4) is 0 Å². The van der Waals surface area contributed by atoms with E-state index in [1.165, 1.54) is 28.4 Å². The summed E-state index contributed by atoms with van der Waals surface area (Å²) in [5, 5.41) is 2.60. The molecule has 6 nitrogen and oxygen atoms in total. The van der Waals surface area contributed by atoms with Gasteiger partial charge in [-0.2, -0.15) is 13.2 Å². The number of fused-ring (bicyclic) bond motifs is 1. The van der Waals surface area contributed by atoms with E-state index in [2.05, 4.69) is 14.8 Å². The summed E-state index contributed by atoms with van der Waals surface area (Å²) in [7, 11) is 0. The molecule has 3 aromatic rings. The number of anilines is 1. The third kappa shape index (κ3) is 4.68. The number of halogens is 3. The van der Waals surface area contributed by atoms with E-state index in [9.17, 15) is 22.8 Å². The van der Waals surface area contributed by atoms with Gasteiger partial charge in [0.15, 0.2) is 0 Å². The summed E-state index contributed by atoms with van der Waals surface area (Å²) < 4.78 is 39.1. The molecule has 0 radical (unpaired) electrons. The van der Waals surface area contributed by atoms with Crippen LogP contribution in [0.4, 0.5) is 18.9 Å². The highest BCUT2D eigenvalue weighted by atomic mass is 32.1. The molecular formula is C25H23F3N4O2S. The fraction of sp³-hybridized carbons (Fsp3) is 0.320. The maximum Gasteiger partial charge on any atom is 0.416 e. The zero-order chi connectivity index (χ0) is 24.7. The maximum absolute atomic E-state index is 13.3. The average Bonchev–Trinajstić information content (AvgIpc) is 3.35. The number of carbonyl (C=O) groups excluding carboxylic acids is 2. The van der Waals surface area contributed by atoms with Crippen LogP contribution in [0.15, 0.2) is 47.8 Å². The number of aromatic nitrogens is 1. The van der Waals surface area contributed by atoms with E-state index in [1.807, 2.05) is 18.4 Å². The Bertz CT molecular complexity index is 1280. The SMILES string of the molecule is Cc1csc(CN2C(=O)c3cccc(N4CCN(Cc5cccc(C(F)(F)F)c5)CC4)c3C2=O)n1. The van der Waals surface area contributed by atoms with Gasteiger partial charge in [-0.1, -0.05) is 24.3 Å². The number of hydrogen-bond donors (Lipinski definition) is 0. The Balaban J connectivity index is 1.28. The Hall–Kier alpha value is -3.24. The fourth-order valence-electron chi connectivity index (χ4n) is 4.58. The van der Waals surface area contributed by atoms with Crippen LogP contribution in [-0.4, -0.2) is 52.8 Å². The van der Waals surface area contributed by atoms with Crippen molar-refractivity contribution in [2.45, 2.75) is 26.2 Å². The lowest BCUT2D eigenvalue weighted by Crippen LogP contribution is -2.46. The molecule has 5 rings (SSSR count). The second-order valence-electron chi connectivity index (χ2n) is 8.74. The number of benzene rings is 2. The summed E-state index contributed by atoms with van der Waals surface area (Å²) in [5.74, 6) is -0.636. The van der Waals surface area contributed by atoms with E-state index in [-0.39, 0.29) is 18.4 Å². The van der Waals surface area contributed by atoms with E-state index < -0.39 is 11.7 Å². The lowest BCUT2D eigenvalue weighted by molar-refractivity contribution is -0.137. The Morgan fingerprint density at radius 3 is 2.40 bits per heavy atom. The Labute approximate surface area is 204 Å². The van der Waals surface area contributed by atoms with Gasteiger partial charge in [-0.25, -0.2) is 4.98 Å². The van der Waals surface area contributed by atoms with E-state index >= 15 is 0 Å². The number of carbonyl (C=O) groups is 2. The van der Waals surface area contributed by atoms with Crippen LogP contribution < -0.4 is 4.90 Å². The number of imide groups is 1. The molecule has 1 saturated heterocycles. The minimum absolute atomic E-state index is 0.148. The second kappa shape index (κ2) is 9.09. The molecule has 1 fully saturated rings. The van der Waals surface area contributed by atoms with Crippen LogP contribution in [-0.2, 0) is 19.3 Å². The van der Waals surface area contributed by atoms with Crippen LogP contribution in [0.2, 0.25) is 0 Å². The third-order valence-electron chi connectivity index (χ3n) is 6.31. The van der Waals surface area contributed by atoms with Gasteiger partial charge in [0, 0.05) is 43.8 Å². The van der Waals surface area contributed by atoms with Crippen molar-refractivity contribution in [1.82, 2.24) is 14.8 Å². The molecule has 182 valence electrons. The van der Waals surface area contributed by atoms with Crippen molar-refractivity contribution in [2.75, 3.05) is 31.1 Å². The molecule has 0 atom stereocenters. The smallest absolute Gasteiger partial charge is 0.368 e. The Kier molecular flexibility index (Phi) is 6.10. The zero-order valence-electron chi connectivity index (χ0n) is 19.0. The molecule has 2 aliphatic rings. The number of aryl methyl sites for hydroxylation is 1. The predicted molar refractivity (Wildman–Crippen MR) is 126 cm³/mol. The number of hydrogen-bond acceptors (Lipinski definition) is 6. The van der Waals surface area contributed by atoms with Gasteiger partial charge >= 0.3 is 6.18 Å². The van der Waals surface area contributed by atoms with Gasteiger partial charge in [0.25, 0.3) is 11.8 Å². The molecule has 2 aliphatic heterocycles. The lowest BCUT2D eigenvalue weighted by atomic mass is 10.1. The highest BCUT2D eigenvalue weighted by molar-refractivity contribution is 7.09. The molecule has 0 N–H and O–H groups in total. The monoisotopic (exact) mass is 500 g/mol. The minimum Gasteiger partial charge on any atom is -0.368 e. The van der Waals surface area contributed by atoms with Gasteiger partial charge in [-0.15, -0.1) is 11.3 Å². The summed E-state index contributed by atoms with van der Waals surface area (Å²) in [6.45, 7) is 4.89. The first-order chi connectivity index (χ1) is 16.7. The number of amides is 2. The van der Waals surface area contributed by atoms with Gasteiger partial charge in [-0.3, -0.25) is 19.4 Å². The van der Waals surface area contributed by atoms with Crippen LogP contribution in [0, 0.1) is 6.92 Å². The highest BCUT2D eigenvalue weighted by Crippen LogP contribution is 2.34. The molecule has 2 aromatic carbocycles. The van der Waals surface area contributed by atoms with Crippen LogP contribution in [0.1, 0.15) is 42.5 Å². The standard InChI is InChI=1S/C25H23F3N4O2S/c1-16-15-35-21(29-16)14-32-23(33)19-6-3-7-20(22(19)24(32)34)31-10-8-30(9-11-31)13-17-4-2-5-18(12-17)25(26,27)28/h2-7,12,15H,8-11,13-14H2,1H3. The number of piperazine rings is 1. The molecule has 35 heavy (non-hydrogen) atoms. The number of alkyl halides is 3. The summed E-state index contributed by atoms with van der Waals surface area (Å²) >= 11 is 1.42. The summed E-state index contributed by atoms with van der Waals surface area (Å²) in [6.07, 6.45) is -4.36. The van der Waals surface area contributed by atoms with E-state index in [0.717, 1.165) is 17.4 Å². The predicted octanol–water partition coefficient (Wildman–Crippen LogP) is 4.59.